The van der Waals surface area contributed by atoms with Crippen molar-refractivity contribution in [3.05, 3.63) is 39.4 Å². The molecule has 0 unspecified atom stereocenters. The summed E-state index contributed by atoms with van der Waals surface area (Å²) in [6.07, 6.45) is 0.182. The molecule has 17 heavy (non-hydrogen) atoms. The third kappa shape index (κ3) is 3.29. The van der Waals surface area contributed by atoms with Gasteiger partial charge in [0.1, 0.15) is 0 Å². The number of aromatic carboxylic acids is 1. The van der Waals surface area contributed by atoms with Crippen LogP contribution in [0.5, 0.6) is 0 Å². The minimum atomic E-state index is -1.20. The van der Waals surface area contributed by atoms with Gasteiger partial charge < -0.3 is 10.2 Å². The number of carbonyl (C=O) groups is 1. The Hall–Kier alpha value is -2.39. The van der Waals surface area contributed by atoms with E-state index in [0.29, 0.717) is 0 Å². The average molecular weight is 235 g/mol. The summed E-state index contributed by atoms with van der Waals surface area (Å²) in [4.78, 5) is 20.8. The number of non-ortho nitro benzene ring substituents is 1. The standard InChI is InChI=1S/C11H9NO5/c13-6-2-1-3-8-7-9(12(16)17)4-5-10(8)11(14)15/h4-5,7,13H,2,6H2,(H,14,15). The fourth-order valence-corrected chi connectivity index (χ4v) is 1.15. The fraction of sp³-hybridized carbons (Fsp3) is 0.182. The first-order valence-electron chi connectivity index (χ1n) is 4.67. The van der Waals surface area contributed by atoms with Gasteiger partial charge in [0, 0.05) is 24.1 Å². The lowest BCUT2D eigenvalue weighted by atomic mass is 10.1. The minimum absolute atomic E-state index is 0.0696. The Bertz CT molecular complexity index is 512. The van der Waals surface area contributed by atoms with Gasteiger partial charge in [0.2, 0.25) is 0 Å². The molecule has 0 radical (unpaired) electrons. The summed E-state index contributed by atoms with van der Waals surface area (Å²) in [5.41, 5.74) is -0.246. The number of nitro benzene ring substituents is 1. The van der Waals surface area contributed by atoms with Crippen LogP contribution >= 0.6 is 0 Å². The van der Waals surface area contributed by atoms with Crippen LogP contribution in [0, 0.1) is 22.0 Å². The largest absolute Gasteiger partial charge is 0.478 e. The smallest absolute Gasteiger partial charge is 0.336 e. The normalized spacial score (nSPS) is 9.24. The van der Waals surface area contributed by atoms with Crippen LogP contribution in [-0.2, 0) is 0 Å². The van der Waals surface area contributed by atoms with E-state index in [1.807, 2.05) is 0 Å². The number of carboxylic acid groups (broad SMARTS) is 1. The third-order valence-corrected chi connectivity index (χ3v) is 1.90. The maximum atomic E-state index is 10.8. The van der Waals surface area contributed by atoms with Crippen LogP contribution in [0.15, 0.2) is 18.2 Å². The maximum Gasteiger partial charge on any atom is 0.336 e. The van der Waals surface area contributed by atoms with Crippen molar-refractivity contribution >= 4 is 11.7 Å². The molecule has 0 aliphatic carbocycles. The molecular weight excluding hydrogens is 226 g/mol. The van der Waals surface area contributed by atoms with E-state index < -0.39 is 10.9 Å². The van der Waals surface area contributed by atoms with Crippen molar-refractivity contribution in [1.29, 1.82) is 0 Å². The molecular formula is C11H9NO5. The van der Waals surface area contributed by atoms with Gasteiger partial charge in [-0.25, -0.2) is 4.79 Å². The lowest BCUT2D eigenvalue weighted by Gasteiger charge is -1.98. The SMILES string of the molecule is O=C(O)c1ccc([N+](=O)[O-])cc1C#CCCO. The summed E-state index contributed by atoms with van der Waals surface area (Å²) in [6.45, 7) is -0.148. The molecule has 2 N–H and O–H groups in total. The fourth-order valence-electron chi connectivity index (χ4n) is 1.15. The summed E-state index contributed by atoms with van der Waals surface area (Å²) in [5, 5.41) is 27.9. The van der Waals surface area contributed by atoms with Gasteiger partial charge in [0.25, 0.3) is 5.69 Å². The highest BCUT2D eigenvalue weighted by molar-refractivity contribution is 5.91. The Morgan fingerprint density at radius 1 is 1.47 bits per heavy atom. The van der Waals surface area contributed by atoms with Gasteiger partial charge in [-0.05, 0) is 6.07 Å². The van der Waals surface area contributed by atoms with Crippen LogP contribution in [-0.4, -0.2) is 27.7 Å². The van der Waals surface area contributed by atoms with Crippen molar-refractivity contribution in [2.45, 2.75) is 6.42 Å². The summed E-state index contributed by atoms with van der Waals surface area (Å²) in [5.74, 6) is 3.82. The molecule has 0 saturated carbocycles. The quantitative estimate of drug-likeness (QED) is 0.463. The van der Waals surface area contributed by atoms with E-state index >= 15 is 0 Å². The molecule has 0 heterocycles. The zero-order chi connectivity index (χ0) is 12.8. The second-order valence-corrected chi connectivity index (χ2v) is 3.07. The molecule has 0 aromatic heterocycles. The van der Waals surface area contributed by atoms with Crippen LogP contribution in [0.4, 0.5) is 5.69 Å². The number of carboxylic acids is 1. The van der Waals surface area contributed by atoms with Crippen LogP contribution in [0.2, 0.25) is 0 Å². The van der Waals surface area contributed by atoms with Crippen LogP contribution in [0.1, 0.15) is 22.3 Å². The number of rotatable bonds is 3. The van der Waals surface area contributed by atoms with Crippen molar-refractivity contribution < 1.29 is 19.9 Å². The summed E-state index contributed by atoms with van der Waals surface area (Å²) in [7, 11) is 0. The number of nitro groups is 1. The molecule has 0 saturated heterocycles. The second-order valence-electron chi connectivity index (χ2n) is 3.07. The van der Waals surface area contributed by atoms with E-state index in [2.05, 4.69) is 11.8 Å². The van der Waals surface area contributed by atoms with E-state index in [9.17, 15) is 14.9 Å². The molecule has 88 valence electrons. The predicted molar refractivity (Wildman–Crippen MR) is 58.6 cm³/mol. The summed E-state index contributed by atoms with van der Waals surface area (Å²) < 4.78 is 0. The first-order valence-corrected chi connectivity index (χ1v) is 4.67. The number of aliphatic hydroxyl groups is 1. The molecule has 6 nitrogen and oxygen atoms in total. The molecule has 1 aromatic carbocycles. The van der Waals surface area contributed by atoms with Crippen LogP contribution in [0.3, 0.4) is 0 Å². The number of nitrogens with zero attached hydrogens (tertiary/aromatic N) is 1. The van der Waals surface area contributed by atoms with Crippen molar-refractivity contribution in [2.75, 3.05) is 6.61 Å². The Labute approximate surface area is 96.7 Å². The topological polar surface area (TPSA) is 101 Å². The molecule has 1 rings (SSSR count). The lowest BCUT2D eigenvalue weighted by Crippen LogP contribution is -2.01. The zero-order valence-electron chi connectivity index (χ0n) is 8.71. The molecule has 0 aliphatic heterocycles. The highest BCUT2D eigenvalue weighted by atomic mass is 16.6. The monoisotopic (exact) mass is 235 g/mol. The lowest BCUT2D eigenvalue weighted by molar-refractivity contribution is -0.384. The first-order chi connectivity index (χ1) is 8.06. The van der Waals surface area contributed by atoms with E-state index in [1.54, 1.807) is 0 Å². The van der Waals surface area contributed by atoms with Crippen molar-refractivity contribution in [1.82, 2.24) is 0 Å². The highest BCUT2D eigenvalue weighted by Gasteiger charge is 2.13. The van der Waals surface area contributed by atoms with Crippen LogP contribution < -0.4 is 0 Å². The number of hydrogen-bond acceptors (Lipinski definition) is 4. The molecule has 0 amide bonds. The minimum Gasteiger partial charge on any atom is -0.478 e. The van der Waals surface area contributed by atoms with Crippen molar-refractivity contribution in [3.8, 4) is 11.8 Å². The maximum absolute atomic E-state index is 10.8. The predicted octanol–water partition coefficient (Wildman–Crippen LogP) is 1.03. The van der Waals surface area contributed by atoms with E-state index in [0.717, 1.165) is 18.2 Å². The van der Waals surface area contributed by atoms with Gasteiger partial charge in [-0.3, -0.25) is 10.1 Å². The number of aliphatic hydroxyl groups excluding tert-OH is 1. The molecule has 0 atom stereocenters. The zero-order valence-corrected chi connectivity index (χ0v) is 8.71. The molecule has 6 heteroatoms. The van der Waals surface area contributed by atoms with Crippen molar-refractivity contribution in [2.24, 2.45) is 0 Å². The molecule has 0 fully saturated rings. The van der Waals surface area contributed by atoms with Gasteiger partial charge in [0.05, 0.1) is 17.1 Å². The van der Waals surface area contributed by atoms with Gasteiger partial charge in [-0.15, -0.1) is 0 Å². The Morgan fingerprint density at radius 2 is 2.18 bits per heavy atom. The van der Waals surface area contributed by atoms with Gasteiger partial charge in [-0.2, -0.15) is 0 Å². The van der Waals surface area contributed by atoms with Crippen molar-refractivity contribution in [3.63, 3.8) is 0 Å². The number of hydrogen-bond donors (Lipinski definition) is 2. The Morgan fingerprint density at radius 3 is 2.71 bits per heavy atom. The van der Waals surface area contributed by atoms with Gasteiger partial charge >= 0.3 is 5.97 Å². The second kappa shape index (κ2) is 5.63. The molecule has 0 spiro atoms. The van der Waals surface area contributed by atoms with E-state index in [-0.39, 0.29) is 29.8 Å². The van der Waals surface area contributed by atoms with E-state index in [1.165, 1.54) is 0 Å². The summed E-state index contributed by atoms with van der Waals surface area (Å²) in [6, 6.07) is 3.36. The molecule has 0 aliphatic rings. The van der Waals surface area contributed by atoms with E-state index in [4.69, 9.17) is 10.2 Å². The van der Waals surface area contributed by atoms with Gasteiger partial charge in [-0.1, -0.05) is 11.8 Å². The van der Waals surface area contributed by atoms with Gasteiger partial charge in [0.15, 0.2) is 0 Å². The highest BCUT2D eigenvalue weighted by Crippen LogP contribution is 2.17. The number of benzene rings is 1. The Kier molecular flexibility index (Phi) is 4.20. The molecule has 1 aromatic rings. The Balaban J connectivity index is 3.22. The molecule has 0 bridgehead atoms. The summed E-state index contributed by atoms with van der Waals surface area (Å²) >= 11 is 0. The van der Waals surface area contributed by atoms with Crippen LogP contribution in [0.25, 0.3) is 0 Å². The third-order valence-electron chi connectivity index (χ3n) is 1.90. The first kappa shape index (κ1) is 12.7. The average Bonchev–Trinajstić information content (AvgIpc) is 2.28.